The van der Waals surface area contributed by atoms with E-state index in [1.54, 1.807) is 12.5 Å². The Balaban J connectivity index is 1.74. The van der Waals surface area contributed by atoms with Crippen molar-refractivity contribution in [3.05, 3.63) is 58.4 Å². The number of carbonyl (C=O) groups is 1. The van der Waals surface area contributed by atoms with Crippen LogP contribution in [0.4, 0.5) is 5.13 Å². The van der Waals surface area contributed by atoms with Gasteiger partial charge in [0.15, 0.2) is 15.0 Å². The lowest BCUT2D eigenvalue weighted by Crippen LogP contribution is -2.22. The zero-order valence-corrected chi connectivity index (χ0v) is 17.5. The predicted octanol–water partition coefficient (Wildman–Crippen LogP) is 4.19. The maximum atomic E-state index is 12.4. The largest absolute Gasteiger partial charge is 0.496 e. The molecule has 0 aliphatic carbocycles. The van der Waals surface area contributed by atoms with Crippen LogP contribution < -0.4 is 10.1 Å². The summed E-state index contributed by atoms with van der Waals surface area (Å²) >= 11 is 6.98. The van der Waals surface area contributed by atoms with Crippen LogP contribution in [0.2, 0.25) is 5.02 Å². The van der Waals surface area contributed by atoms with E-state index in [-0.39, 0.29) is 4.90 Å². The zero-order chi connectivity index (χ0) is 20.3. The average molecular weight is 437 g/mol. The number of nitrogens with zero attached hydrogens (tertiary/aromatic N) is 1. The number of nitrogens with one attached hydrogen (secondary N) is 1. The Hall–Kier alpha value is -2.42. The van der Waals surface area contributed by atoms with Gasteiger partial charge in [-0.1, -0.05) is 23.2 Å². The molecule has 3 rings (SSSR count). The van der Waals surface area contributed by atoms with Gasteiger partial charge in [-0.15, -0.1) is 11.3 Å². The van der Waals surface area contributed by atoms with Crippen LogP contribution >= 0.6 is 22.9 Å². The summed E-state index contributed by atoms with van der Waals surface area (Å²) in [4.78, 5) is 16.6. The highest BCUT2D eigenvalue weighted by molar-refractivity contribution is 7.92. The highest BCUT2D eigenvalue weighted by Gasteiger charge is 2.20. The molecular formula is C19H17ClN2O4S2. The van der Waals surface area contributed by atoms with E-state index >= 15 is 0 Å². The third-order valence-electron chi connectivity index (χ3n) is 3.88. The molecule has 0 aliphatic heterocycles. The molecule has 0 fully saturated rings. The van der Waals surface area contributed by atoms with E-state index in [0.29, 0.717) is 21.6 Å². The number of anilines is 1. The molecular weight excluding hydrogens is 420 g/mol. The van der Waals surface area contributed by atoms with Gasteiger partial charge in [-0.25, -0.2) is 13.4 Å². The topological polar surface area (TPSA) is 85.4 Å². The van der Waals surface area contributed by atoms with Crippen LogP contribution in [-0.4, -0.2) is 32.2 Å². The third-order valence-corrected chi connectivity index (χ3v) is 6.52. The van der Waals surface area contributed by atoms with E-state index in [9.17, 15) is 13.2 Å². The standard InChI is InChI=1S/C19H17ClN2O4S2/c1-12-3-8-17(26-2)15(9-12)16-10-27-19(21-16)22-18(23)11-28(24,25)14-6-4-13(20)5-7-14/h3-10H,11H2,1-2H3,(H,21,22,23). The first-order valence-corrected chi connectivity index (χ1v) is 11.1. The first-order valence-electron chi connectivity index (χ1n) is 8.17. The van der Waals surface area contributed by atoms with Gasteiger partial charge in [0.05, 0.1) is 17.7 Å². The number of carbonyl (C=O) groups excluding carboxylic acids is 1. The van der Waals surface area contributed by atoms with Crippen LogP contribution in [0.5, 0.6) is 5.75 Å². The lowest BCUT2D eigenvalue weighted by atomic mass is 10.1. The summed E-state index contributed by atoms with van der Waals surface area (Å²) in [6, 6.07) is 11.4. The quantitative estimate of drug-likeness (QED) is 0.626. The average Bonchev–Trinajstić information content (AvgIpc) is 3.09. The summed E-state index contributed by atoms with van der Waals surface area (Å²) in [5.41, 5.74) is 2.48. The molecule has 1 heterocycles. The van der Waals surface area contributed by atoms with E-state index < -0.39 is 21.5 Å². The number of amides is 1. The van der Waals surface area contributed by atoms with Gasteiger partial charge in [-0.05, 0) is 43.3 Å². The molecule has 0 radical (unpaired) electrons. The van der Waals surface area contributed by atoms with Crippen molar-refractivity contribution >= 4 is 43.8 Å². The second-order valence-electron chi connectivity index (χ2n) is 6.00. The van der Waals surface area contributed by atoms with Crippen molar-refractivity contribution in [1.29, 1.82) is 0 Å². The minimum absolute atomic E-state index is 0.0383. The molecule has 0 aliphatic rings. The first-order chi connectivity index (χ1) is 13.3. The summed E-state index contributed by atoms with van der Waals surface area (Å²) in [5, 5.41) is 5.06. The van der Waals surface area contributed by atoms with Gasteiger partial charge in [0.1, 0.15) is 11.5 Å². The second kappa shape index (κ2) is 8.30. The molecule has 3 aromatic rings. The Bertz CT molecular complexity index is 1110. The zero-order valence-electron chi connectivity index (χ0n) is 15.1. The molecule has 146 valence electrons. The molecule has 1 aromatic heterocycles. The number of methoxy groups -OCH3 is 1. The van der Waals surface area contributed by atoms with Crippen molar-refractivity contribution in [2.75, 3.05) is 18.2 Å². The highest BCUT2D eigenvalue weighted by atomic mass is 35.5. The molecule has 1 N–H and O–H groups in total. The SMILES string of the molecule is COc1ccc(C)cc1-c1csc(NC(=O)CS(=O)(=O)c2ccc(Cl)cc2)n1. The fraction of sp³-hybridized carbons (Fsp3) is 0.158. The van der Waals surface area contributed by atoms with Crippen LogP contribution in [0, 0.1) is 6.92 Å². The van der Waals surface area contributed by atoms with Crippen molar-refractivity contribution < 1.29 is 17.9 Å². The van der Waals surface area contributed by atoms with E-state index in [1.807, 2.05) is 25.1 Å². The summed E-state index contributed by atoms with van der Waals surface area (Å²) in [5.74, 6) is -0.678. The molecule has 1 amide bonds. The van der Waals surface area contributed by atoms with E-state index in [0.717, 1.165) is 11.1 Å². The van der Waals surface area contributed by atoms with Crippen LogP contribution in [0.3, 0.4) is 0 Å². The van der Waals surface area contributed by atoms with Crippen molar-refractivity contribution in [3.8, 4) is 17.0 Å². The van der Waals surface area contributed by atoms with Crippen molar-refractivity contribution in [2.24, 2.45) is 0 Å². The molecule has 6 nitrogen and oxygen atoms in total. The number of ether oxygens (including phenoxy) is 1. The Morgan fingerprint density at radius 1 is 1.21 bits per heavy atom. The van der Waals surface area contributed by atoms with E-state index in [1.165, 1.54) is 35.6 Å². The van der Waals surface area contributed by atoms with Gasteiger partial charge in [0.2, 0.25) is 5.91 Å². The second-order valence-corrected chi connectivity index (χ2v) is 9.29. The number of hydrogen-bond donors (Lipinski definition) is 1. The monoisotopic (exact) mass is 436 g/mol. The normalized spacial score (nSPS) is 11.2. The molecule has 0 atom stereocenters. The van der Waals surface area contributed by atoms with Gasteiger partial charge in [-0.2, -0.15) is 0 Å². The van der Waals surface area contributed by atoms with Gasteiger partial charge in [0.25, 0.3) is 0 Å². The third kappa shape index (κ3) is 4.70. The van der Waals surface area contributed by atoms with Crippen molar-refractivity contribution in [3.63, 3.8) is 0 Å². The van der Waals surface area contributed by atoms with Gasteiger partial charge >= 0.3 is 0 Å². The molecule has 0 unspecified atom stereocenters. The fourth-order valence-electron chi connectivity index (χ4n) is 2.53. The number of hydrogen-bond acceptors (Lipinski definition) is 6. The van der Waals surface area contributed by atoms with E-state index in [2.05, 4.69) is 10.3 Å². The smallest absolute Gasteiger partial charge is 0.241 e. The summed E-state index contributed by atoms with van der Waals surface area (Å²) in [6.07, 6.45) is 0. The van der Waals surface area contributed by atoms with Crippen LogP contribution in [0.25, 0.3) is 11.3 Å². The number of halogens is 1. The lowest BCUT2D eigenvalue weighted by Gasteiger charge is -2.07. The lowest BCUT2D eigenvalue weighted by molar-refractivity contribution is -0.113. The minimum atomic E-state index is -3.77. The van der Waals surface area contributed by atoms with Gasteiger partial charge < -0.3 is 10.1 Å². The number of rotatable bonds is 6. The van der Waals surface area contributed by atoms with Crippen molar-refractivity contribution in [1.82, 2.24) is 4.98 Å². The minimum Gasteiger partial charge on any atom is -0.496 e. The summed E-state index contributed by atoms with van der Waals surface area (Å²) in [7, 11) is -2.20. The molecule has 0 bridgehead atoms. The predicted molar refractivity (Wildman–Crippen MR) is 111 cm³/mol. The number of thiazole rings is 1. The summed E-state index contributed by atoms with van der Waals surface area (Å²) < 4.78 is 30.1. The Kier molecular flexibility index (Phi) is 6.02. The molecule has 0 saturated carbocycles. The number of aromatic nitrogens is 1. The van der Waals surface area contributed by atoms with Crippen LogP contribution in [0.1, 0.15) is 5.56 Å². The van der Waals surface area contributed by atoms with Crippen LogP contribution in [-0.2, 0) is 14.6 Å². The Labute approximate surface area is 172 Å². The van der Waals surface area contributed by atoms with Crippen molar-refractivity contribution in [2.45, 2.75) is 11.8 Å². The van der Waals surface area contributed by atoms with E-state index in [4.69, 9.17) is 16.3 Å². The highest BCUT2D eigenvalue weighted by Crippen LogP contribution is 2.33. The molecule has 0 saturated heterocycles. The summed E-state index contributed by atoms with van der Waals surface area (Å²) in [6.45, 7) is 1.96. The maximum Gasteiger partial charge on any atom is 0.241 e. The number of aryl methyl sites for hydroxylation is 1. The molecule has 28 heavy (non-hydrogen) atoms. The Morgan fingerprint density at radius 2 is 1.93 bits per heavy atom. The molecule has 0 spiro atoms. The van der Waals surface area contributed by atoms with Gasteiger partial charge in [-0.3, -0.25) is 4.79 Å². The first kappa shape index (κ1) is 20.3. The number of sulfone groups is 1. The fourth-order valence-corrected chi connectivity index (χ4v) is 4.52. The molecule has 9 heteroatoms. The van der Waals surface area contributed by atoms with Crippen LogP contribution in [0.15, 0.2) is 52.7 Å². The number of benzene rings is 2. The van der Waals surface area contributed by atoms with Gasteiger partial charge in [0, 0.05) is 16.0 Å². The maximum absolute atomic E-state index is 12.4. The molecule has 2 aromatic carbocycles. The Morgan fingerprint density at radius 3 is 2.61 bits per heavy atom.